The van der Waals surface area contributed by atoms with E-state index >= 15 is 0 Å². The molecule has 1 aromatic rings. The second kappa shape index (κ2) is 4.01. The molecule has 0 saturated heterocycles. The SMILES string of the molecule is Cc1cccc(C(C)C2=CN=CC2)c1C. The highest BCUT2D eigenvalue weighted by atomic mass is 14.7. The fraction of sp³-hybridized carbons (Fsp3) is 0.357. The molecule has 1 heterocycles. The van der Waals surface area contributed by atoms with E-state index in [4.69, 9.17) is 0 Å². The smallest absolute Gasteiger partial charge is 0.0265 e. The standard InChI is InChI=1S/C14H17N/c1-10-5-4-6-14(11(10)2)12(3)13-7-8-15-9-13/h4-6,8-9,12H,7H2,1-3H3. The molecule has 0 aromatic heterocycles. The summed E-state index contributed by atoms with van der Waals surface area (Å²) in [5.41, 5.74) is 5.65. The molecular weight excluding hydrogens is 182 g/mol. The highest BCUT2D eigenvalue weighted by Gasteiger charge is 2.15. The van der Waals surface area contributed by atoms with E-state index in [2.05, 4.69) is 44.0 Å². The van der Waals surface area contributed by atoms with Gasteiger partial charge in [-0.1, -0.05) is 25.1 Å². The van der Waals surface area contributed by atoms with Crippen molar-refractivity contribution in [2.24, 2.45) is 4.99 Å². The number of nitrogens with zero attached hydrogens (tertiary/aromatic N) is 1. The Bertz CT molecular complexity index is 427. The minimum Gasteiger partial charge on any atom is -0.269 e. The molecular formula is C14H17N. The summed E-state index contributed by atoms with van der Waals surface area (Å²) in [5.74, 6) is 0.493. The van der Waals surface area contributed by atoms with Gasteiger partial charge in [0.1, 0.15) is 0 Å². The van der Waals surface area contributed by atoms with Crippen molar-refractivity contribution in [1.29, 1.82) is 0 Å². The van der Waals surface area contributed by atoms with Gasteiger partial charge in [-0.25, -0.2) is 0 Å². The first-order valence-electron chi connectivity index (χ1n) is 5.47. The monoisotopic (exact) mass is 199 g/mol. The average molecular weight is 199 g/mol. The number of aryl methyl sites for hydroxylation is 1. The lowest BCUT2D eigenvalue weighted by atomic mass is 9.88. The summed E-state index contributed by atoms with van der Waals surface area (Å²) in [4.78, 5) is 4.18. The molecule has 1 aliphatic heterocycles. The highest BCUT2D eigenvalue weighted by Crippen LogP contribution is 2.30. The van der Waals surface area contributed by atoms with Gasteiger partial charge in [0, 0.05) is 24.8 Å². The summed E-state index contributed by atoms with van der Waals surface area (Å²) >= 11 is 0. The fourth-order valence-electron chi connectivity index (χ4n) is 2.09. The van der Waals surface area contributed by atoms with Crippen LogP contribution in [0.1, 0.15) is 36.0 Å². The molecule has 15 heavy (non-hydrogen) atoms. The van der Waals surface area contributed by atoms with Gasteiger partial charge in [-0.3, -0.25) is 4.99 Å². The van der Waals surface area contributed by atoms with Gasteiger partial charge in [-0.2, -0.15) is 0 Å². The van der Waals surface area contributed by atoms with E-state index < -0.39 is 0 Å². The Balaban J connectivity index is 2.33. The Morgan fingerprint density at radius 3 is 2.73 bits per heavy atom. The van der Waals surface area contributed by atoms with Gasteiger partial charge in [0.25, 0.3) is 0 Å². The maximum Gasteiger partial charge on any atom is 0.0265 e. The largest absolute Gasteiger partial charge is 0.269 e. The predicted octanol–water partition coefficient (Wildman–Crippen LogP) is 3.77. The van der Waals surface area contributed by atoms with Gasteiger partial charge in [0.2, 0.25) is 0 Å². The van der Waals surface area contributed by atoms with Gasteiger partial charge < -0.3 is 0 Å². The summed E-state index contributed by atoms with van der Waals surface area (Å²) in [6.07, 6.45) is 5.00. The van der Waals surface area contributed by atoms with Crippen LogP contribution >= 0.6 is 0 Å². The predicted molar refractivity (Wildman–Crippen MR) is 65.5 cm³/mol. The molecule has 0 radical (unpaired) electrons. The molecule has 0 bridgehead atoms. The number of aliphatic imine (C=N–C) groups is 1. The molecule has 78 valence electrons. The summed E-state index contributed by atoms with van der Waals surface area (Å²) in [6.45, 7) is 6.64. The molecule has 0 amide bonds. The molecule has 0 spiro atoms. The van der Waals surface area contributed by atoms with Gasteiger partial charge in [-0.05, 0) is 36.1 Å². The van der Waals surface area contributed by atoms with Crippen LogP contribution < -0.4 is 0 Å². The molecule has 0 saturated carbocycles. The first-order valence-corrected chi connectivity index (χ1v) is 5.47. The number of allylic oxidation sites excluding steroid dienone is 1. The topological polar surface area (TPSA) is 12.4 Å². The molecule has 0 fully saturated rings. The molecule has 0 N–H and O–H groups in total. The van der Waals surface area contributed by atoms with Crippen LogP contribution in [0.25, 0.3) is 0 Å². The lowest BCUT2D eigenvalue weighted by Crippen LogP contribution is -2.00. The number of hydrogen-bond acceptors (Lipinski definition) is 1. The van der Waals surface area contributed by atoms with Gasteiger partial charge in [-0.15, -0.1) is 0 Å². The van der Waals surface area contributed by atoms with E-state index in [9.17, 15) is 0 Å². The lowest BCUT2D eigenvalue weighted by Gasteiger charge is -2.16. The van der Waals surface area contributed by atoms with E-state index in [-0.39, 0.29) is 0 Å². The maximum atomic E-state index is 4.18. The van der Waals surface area contributed by atoms with Crippen LogP contribution in [0.2, 0.25) is 0 Å². The first kappa shape index (κ1) is 10.2. The van der Waals surface area contributed by atoms with Crippen LogP contribution in [0, 0.1) is 13.8 Å². The van der Waals surface area contributed by atoms with E-state index in [1.807, 2.05) is 12.4 Å². The normalized spacial score (nSPS) is 16.6. The van der Waals surface area contributed by atoms with Crippen molar-refractivity contribution in [2.75, 3.05) is 0 Å². The number of rotatable bonds is 2. The van der Waals surface area contributed by atoms with Crippen molar-refractivity contribution >= 4 is 6.21 Å². The van der Waals surface area contributed by atoms with Crippen molar-refractivity contribution in [3.63, 3.8) is 0 Å². The quantitative estimate of drug-likeness (QED) is 0.687. The van der Waals surface area contributed by atoms with Crippen LogP contribution in [0.5, 0.6) is 0 Å². The minimum atomic E-state index is 0.493. The zero-order chi connectivity index (χ0) is 10.8. The molecule has 2 rings (SSSR count). The van der Waals surface area contributed by atoms with Gasteiger partial charge >= 0.3 is 0 Å². The Kier molecular flexibility index (Phi) is 2.72. The second-order valence-electron chi connectivity index (χ2n) is 4.25. The van der Waals surface area contributed by atoms with Gasteiger partial charge in [0.15, 0.2) is 0 Å². The van der Waals surface area contributed by atoms with Crippen molar-refractivity contribution < 1.29 is 0 Å². The first-order chi connectivity index (χ1) is 7.20. The second-order valence-corrected chi connectivity index (χ2v) is 4.25. The lowest BCUT2D eigenvalue weighted by molar-refractivity contribution is 0.867. The molecule has 1 aliphatic rings. The van der Waals surface area contributed by atoms with Crippen LogP contribution in [0.4, 0.5) is 0 Å². The van der Waals surface area contributed by atoms with Gasteiger partial charge in [0.05, 0.1) is 0 Å². The van der Waals surface area contributed by atoms with Crippen LogP contribution in [-0.2, 0) is 0 Å². The molecule has 1 heteroatoms. The summed E-state index contributed by atoms with van der Waals surface area (Å²) < 4.78 is 0. The average Bonchev–Trinajstić information content (AvgIpc) is 2.74. The third-order valence-corrected chi connectivity index (χ3v) is 3.34. The Morgan fingerprint density at radius 2 is 2.07 bits per heavy atom. The zero-order valence-electron chi connectivity index (χ0n) is 9.62. The fourth-order valence-corrected chi connectivity index (χ4v) is 2.09. The summed E-state index contributed by atoms with van der Waals surface area (Å²) in [7, 11) is 0. The third-order valence-electron chi connectivity index (χ3n) is 3.34. The highest BCUT2D eigenvalue weighted by molar-refractivity contribution is 5.66. The molecule has 1 nitrogen and oxygen atoms in total. The van der Waals surface area contributed by atoms with Crippen LogP contribution in [0.15, 0.2) is 35.0 Å². The van der Waals surface area contributed by atoms with E-state index in [0.717, 1.165) is 6.42 Å². The van der Waals surface area contributed by atoms with E-state index in [0.29, 0.717) is 5.92 Å². The Hall–Kier alpha value is -1.37. The van der Waals surface area contributed by atoms with E-state index in [1.165, 1.54) is 22.3 Å². The maximum absolute atomic E-state index is 4.18. The van der Waals surface area contributed by atoms with Crippen molar-refractivity contribution in [3.05, 3.63) is 46.7 Å². The third kappa shape index (κ3) is 1.87. The van der Waals surface area contributed by atoms with Crippen molar-refractivity contribution in [3.8, 4) is 0 Å². The number of benzene rings is 1. The summed E-state index contributed by atoms with van der Waals surface area (Å²) in [6, 6.07) is 6.54. The number of hydrogen-bond donors (Lipinski definition) is 0. The minimum absolute atomic E-state index is 0.493. The summed E-state index contributed by atoms with van der Waals surface area (Å²) in [5, 5.41) is 0. The molecule has 1 unspecified atom stereocenters. The van der Waals surface area contributed by atoms with Crippen molar-refractivity contribution in [1.82, 2.24) is 0 Å². The Morgan fingerprint density at radius 1 is 1.27 bits per heavy atom. The Labute approximate surface area is 91.6 Å². The van der Waals surface area contributed by atoms with Crippen LogP contribution in [-0.4, -0.2) is 6.21 Å². The van der Waals surface area contributed by atoms with E-state index in [1.54, 1.807) is 0 Å². The van der Waals surface area contributed by atoms with Crippen LogP contribution in [0.3, 0.4) is 0 Å². The van der Waals surface area contributed by atoms with Crippen molar-refractivity contribution in [2.45, 2.75) is 33.1 Å². The zero-order valence-corrected chi connectivity index (χ0v) is 9.62. The molecule has 1 aromatic carbocycles. The molecule has 1 atom stereocenters. The molecule has 0 aliphatic carbocycles.